The molecule has 8 nitrogen and oxygen atoms in total. The third kappa shape index (κ3) is 5.91. The first-order valence-corrected chi connectivity index (χ1v) is 10.1. The minimum atomic E-state index is -0.387. The smallest absolute Gasteiger partial charge is 0.269 e. The quantitative estimate of drug-likeness (QED) is 0.568. The molecule has 0 radical (unpaired) electrons. The van der Waals surface area contributed by atoms with E-state index < -0.39 is 0 Å². The maximum atomic E-state index is 12.2. The van der Waals surface area contributed by atoms with E-state index in [0.29, 0.717) is 23.2 Å². The highest BCUT2D eigenvalue weighted by molar-refractivity contribution is 5.96. The molecule has 0 spiro atoms. The molecule has 162 valence electrons. The fourth-order valence-electron chi connectivity index (χ4n) is 2.90. The maximum Gasteiger partial charge on any atom is 0.269 e. The van der Waals surface area contributed by atoms with Crippen LogP contribution in [0.1, 0.15) is 48.0 Å². The zero-order valence-corrected chi connectivity index (χ0v) is 18.2. The summed E-state index contributed by atoms with van der Waals surface area (Å²) in [5.74, 6) is 0.564. The predicted octanol–water partition coefficient (Wildman–Crippen LogP) is 3.32. The minimum absolute atomic E-state index is 0.103. The summed E-state index contributed by atoms with van der Waals surface area (Å²) in [5.41, 5.74) is 8.28. The molecule has 0 unspecified atom stereocenters. The van der Waals surface area contributed by atoms with Crippen molar-refractivity contribution in [2.45, 2.75) is 32.6 Å². The SMILES string of the molecule is CC(C)c1ccc(-c2noc(CCC(=O)NNC(=O)c3cccc(N(C)C)c3)n2)cc1. The Morgan fingerprint density at radius 1 is 1.06 bits per heavy atom. The number of aryl methyl sites for hydroxylation is 1. The van der Waals surface area contributed by atoms with Crippen LogP contribution in [0, 0.1) is 0 Å². The third-order valence-corrected chi connectivity index (χ3v) is 4.81. The molecule has 3 rings (SSSR count). The van der Waals surface area contributed by atoms with Gasteiger partial charge in [0.1, 0.15) is 0 Å². The number of hydrogen-bond acceptors (Lipinski definition) is 6. The number of nitrogens with one attached hydrogen (secondary N) is 2. The number of amides is 2. The summed E-state index contributed by atoms with van der Waals surface area (Å²) < 4.78 is 5.24. The summed E-state index contributed by atoms with van der Waals surface area (Å²) in [6.45, 7) is 4.27. The summed E-state index contributed by atoms with van der Waals surface area (Å²) >= 11 is 0. The zero-order valence-electron chi connectivity index (χ0n) is 18.2. The normalized spacial score (nSPS) is 10.7. The zero-order chi connectivity index (χ0) is 22.4. The molecule has 31 heavy (non-hydrogen) atoms. The Morgan fingerprint density at radius 2 is 1.81 bits per heavy atom. The summed E-state index contributed by atoms with van der Waals surface area (Å²) in [7, 11) is 3.78. The van der Waals surface area contributed by atoms with Crippen LogP contribution in [0.3, 0.4) is 0 Å². The summed E-state index contributed by atoms with van der Waals surface area (Å²) in [6, 6.07) is 15.1. The van der Waals surface area contributed by atoms with Crippen LogP contribution in [-0.2, 0) is 11.2 Å². The molecule has 0 atom stereocenters. The van der Waals surface area contributed by atoms with Gasteiger partial charge in [0.2, 0.25) is 17.6 Å². The molecule has 8 heteroatoms. The molecule has 0 saturated heterocycles. The fraction of sp³-hybridized carbons (Fsp3) is 0.304. The standard InChI is InChI=1S/C23H27N5O3/c1-15(2)16-8-10-17(11-9-16)22-24-21(31-27-22)13-12-20(29)25-26-23(30)18-6-5-7-19(14-18)28(3)4/h5-11,14-15H,12-13H2,1-4H3,(H,25,29)(H,26,30). The summed E-state index contributed by atoms with van der Waals surface area (Å²) in [4.78, 5) is 30.6. The minimum Gasteiger partial charge on any atom is -0.378 e. The lowest BCUT2D eigenvalue weighted by Gasteiger charge is -2.13. The van der Waals surface area contributed by atoms with Gasteiger partial charge >= 0.3 is 0 Å². The van der Waals surface area contributed by atoms with Crippen LogP contribution in [0.4, 0.5) is 5.69 Å². The summed E-state index contributed by atoms with van der Waals surface area (Å²) in [5, 5.41) is 3.98. The molecule has 1 aromatic heterocycles. The second-order valence-electron chi connectivity index (χ2n) is 7.74. The maximum absolute atomic E-state index is 12.2. The van der Waals surface area contributed by atoms with Crippen LogP contribution in [-0.4, -0.2) is 36.1 Å². The Hall–Kier alpha value is -3.68. The van der Waals surface area contributed by atoms with Crippen molar-refractivity contribution in [3.8, 4) is 11.4 Å². The van der Waals surface area contributed by atoms with E-state index in [1.54, 1.807) is 18.2 Å². The van der Waals surface area contributed by atoms with E-state index in [1.165, 1.54) is 5.56 Å². The molecule has 0 saturated carbocycles. The number of hydrazine groups is 1. The first-order chi connectivity index (χ1) is 14.8. The van der Waals surface area contributed by atoms with Crippen molar-refractivity contribution in [1.29, 1.82) is 0 Å². The fourth-order valence-corrected chi connectivity index (χ4v) is 2.90. The first kappa shape index (κ1) is 22.0. The number of rotatable bonds is 7. The molecule has 0 bridgehead atoms. The molecule has 0 fully saturated rings. The molecule has 0 aliphatic carbocycles. The molecule has 0 aliphatic rings. The van der Waals surface area contributed by atoms with Crippen molar-refractivity contribution >= 4 is 17.5 Å². The Morgan fingerprint density at radius 3 is 2.48 bits per heavy atom. The van der Waals surface area contributed by atoms with Crippen LogP contribution in [0.5, 0.6) is 0 Å². The van der Waals surface area contributed by atoms with Crippen LogP contribution in [0.25, 0.3) is 11.4 Å². The predicted molar refractivity (Wildman–Crippen MR) is 119 cm³/mol. The van der Waals surface area contributed by atoms with E-state index in [4.69, 9.17) is 4.52 Å². The van der Waals surface area contributed by atoms with Gasteiger partial charge in [-0.05, 0) is 29.7 Å². The highest BCUT2D eigenvalue weighted by Crippen LogP contribution is 2.20. The van der Waals surface area contributed by atoms with Crippen LogP contribution in [0.2, 0.25) is 0 Å². The lowest BCUT2D eigenvalue weighted by atomic mass is 10.0. The Bertz CT molecular complexity index is 1040. The second-order valence-corrected chi connectivity index (χ2v) is 7.74. The number of carbonyl (C=O) groups excluding carboxylic acids is 2. The van der Waals surface area contributed by atoms with Crippen molar-refractivity contribution in [1.82, 2.24) is 21.0 Å². The monoisotopic (exact) mass is 421 g/mol. The largest absolute Gasteiger partial charge is 0.378 e. The number of hydrogen-bond donors (Lipinski definition) is 2. The van der Waals surface area contributed by atoms with Crippen molar-refractivity contribution in [2.24, 2.45) is 0 Å². The van der Waals surface area contributed by atoms with Crippen LogP contribution < -0.4 is 15.8 Å². The number of anilines is 1. The second kappa shape index (κ2) is 9.88. The third-order valence-electron chi connectivity index (χ3n) is 4.81. The average molecular weight is 422 g/mol. The van der Waals surface area contributed by atoms with E-state index in [1.807, 2.05) is 49.3 Å². The lowest BCUT2D eigenvalue weighted by Crippen LogP contribution is -2.41. The lowest BCUT2D eigenvalue weighted by molar-refractivity contribution is -0.121. The van der Waals surface area contributed by atoms with E-state index >= 15 is 0 Å². The van der Waals surface area contributed by atoms with E-state index in [0.717, 1.165) is 11.3 Å². The number of carbonyl (C=O) groups is 2. The molecule has 3 aromatic rings. The number of benzene rings is 2. The summed E-state index contributed by atoms with van der Waals surface area (Å²) in [6.07, 6.45) is 0.376. The Kier molecular flexibility index (Phi) is 7.02. The molecule has 2 aromatic carbocycles. The molecular weight excluding hydrogens is 394 g/mol. The van der Waals surface area contributed by atoms with Gasteiger partial charge in [-0.25, -0.2) is 0 Å². The molecule has 0 aliphatic heterocycles. The van der Waals surface area contributed by atoms with Gasteiger partial charge < -0.3 is 9.42 Å². The Balaban J connectivity index is 1.49. The van der Waals surface area contributed by atoms with E-state index in [-0.39, 0.29) is 24.7 Å². The number of nitrogens with zero attached hydrogens (tertiary/aromatic N) is 3. The van der Waals surface area contributed by atoms with Gasteiger partial charge in [-0.15, -0.1) is 0 Å². The molecule has 2 N–H and O–H groups in total. The molecular formula is C23H27N5O3. The van der Waals surface area contributed by atoms with Crippen molar-refractivity contribution in [2.75, 3.05) is 19.0 Å². The van der Waals surface area contributed by atoms with Crippen LogP contribution >= 0.6 is 0 Å². The highest BCUT2D eigenvalue weighted by Gasteiger charge is 2.13. The van der Waals surface area contributed by atoms with Crippen molar-refractivity contribution < 1.29 is 14.1 Å². The van der Waals surface area contributed by atoms with Gasteiger partial charge in [0.15, 0.2) is 0 Å². The van der Waals surface area contributed by atoms with Crippen molar-refractivity contribution in [3.05, 3.63) is 65.5 Å². The van der Waals surface area contributed by atoms with Crippen LogP contribution in [0.15, 0.2) is 53.1 Å². The molecule has 1 heterocycles. The average Bonchev–Trinajstić information content (AvgIpc) is 3.25. The van der Waals surface area contributed by atoms with Crippen molar-refractivity contribution in [3.63, 3.8) is 0 Å². The first-order valence-electron chi connectivity index (χ1n) is 10.1. The van der Waals surface area contributed by atoms with E-state index in [9.17, 15) is 9.59 Å². The van der Waals surface area contributed by atoms with Gasteiger partial charge in [-0.1, -0.05) is 49.3 Å². The topological polar surface area (TPSA) is 100 Å². The highest BCUT2D eigenvalue weighted by atomic mass is 16.5. The van der Waals surface area contributed by atoms with Gasteiger partial charge in [0.05, 0.1) is 0 Å². The number of aromatic nitrogens is 2. The van der Waals surface area contributed by atoms with Gasteiger partial charge in [0, 0.05) is 43.8 Å². The van der Waals surface area contributed by atoms with Gasteiger partial charge in [-0.3, -0.25) is 20.4 Å². The van der Waals surface area contributed by atoms with Gasteiger partial charge in [0.25, 0.3) is 5.91 Å². The van der Waals surface area contributed by atoms with Gasteiger partial charge in [-0.2, -0.15) is 4.98 Å². The Labute approximate surface area is 181 Å². The molecule has 2 amide bonds. The van der Waals surface area contributed by atoms with E-state index in [2.05, 4.69) is 34.8 Å².